The summed E-state index contributed by atoms with van der Waals surface area (Å²) in [5.41, 5.74) is 0.813. The first-order valence-corrected chi connectivity index (χ1v) is 14.6. The van der Waals surface area contributed by atoms with Gasteiger partial charge in [0.15, 0.2) is 0 Å². The number of carboxylic acid groups (broad SMARTS) is 1. The molecule has 1 aromatic carbocycles. The van der Waals surface area contributed by atoms with E-state index in [9.17, 15) is 24.3 Å². The Hall–Kier alpha value is -2.59. The van der Waals surface area contributed by atoms with Crippen LogP contribution in [0, 0.1) is 11.8 Å². The molecule has 0 radical (unpaired) electrons. The van der Waals surface area contributed by atoms with E-state index in [0.29, 0.717) is 25.7 Å². The van der Waals surface area contributed by atoms with Gasteiger partial charge in [-0.1, -0.05) is 57.0 Å². The Kier molecular flexibility index (Phi) is 15.0. The van der Waals surface area contributed by atoms with E-state index in [-0.39, 0.29) is 25.5 Å². The van der Waals surface area contributed by atoms with E-state index in [2.05, 4.69) is 23.3 Å². The summed E-state index contributed by atoms with van der Waals surface area (Å²) >= 11 is 4.43. The van der Waals surface area contributed by atoms with Gasteiger partial charge in [-0.05, 0) is 63.1 Å². The first-order chi connectivity index (χ1) is 18.7. The highest BCUT2D eigenvalue weighted by atomic mass is 32.1. The van der Waals surface area contributed by atoms with Crippen LogP contribution < -0.4 is 10.6 Å². The number of carboxylic acids is 1. The van der Waals surface area contributed by atoms with Gasteiger partial charge in [0.25, 0.3) is 5.91 Å². The maximum atomic E-state index is 13.8. The number of rotatable bonds is 9. The van der Waals surface area contributed by atoms with E-state index in [1.807, 2.05) is 44.2 Å². The topological polar surface area (TPSA) is 125 Å². The number of imide groups is 1. The standard InChI is InChI=1S/C29H45N3O6S/c1-21(2)18-23(25(39)19-26(33)34)27(35)31-24-14-8-10-16-30-15-9-3-4-11-17-32(28(24)36)29(37)38-20-22-12-6-5-7-13-22/h5-7,12-13,21,23-25,30,39H,3-4,8-11,14-20H2,1-2H3,(H,31,35)(H,33,34). The number of thiol groups is 1. The molecule has 0 aliphatic carbocycles. The lowest BCUT2D eigenvalue weighted by atomic mass is 9.91. The van der Waals surface area contributed by atoms with E-state index >= 15 is 0 Å². The Labute approximate surface area is 237 Å². The quantitative estimate of drug-likeness (QED) is 0.328. The lowest BCUT2D eigenvalue weighted by Crippen LogP contribution is -2.53. The number of nitrogens with one attached hydrogen (secondary N) is 2. The van der Waals surface area contributed by atoms with Gasteiger partial charge in [0.05, 0.1) is 12.3 Å². The monoisotopic (exact) mass is 563 g/mol. The third kappa shape index (κ3) is 12.4. The molecule has 3 atom stereocenters. The van der Waals surface area contributed by atoms with Crippen LogP contribution in [-0.2, 0) is 25.7 Å². The summed E-state index contributed by atoms with van der Waals surface area (Å²) in [6.07, 6.45) is 4.81. The van der Waals surface area contributed by atoms with Gasteiger partial charge in [0.2, 0.25) is 5.91 Å². The van der Waals surface area contributed by atoms with Crippen molar-refractivity contribution in [2.45, 2.75) is 89.5 Å². The molecule has 218 valence electrons. The van der Waals surface area contributed by atoms with Gasteiger partial charge in [-0.25, -0.2) is 9.69 Å². The molecule has 3 unspecified atom stereocenters. The molecule has 3 N–H and O–H groups in total. The van der Waals surface area contributed by atoms with Gasteiger partial charge in [-0.3, -0.25) is 14.4 Å². The summed E-state index contributed by atoms with van der Waals surface area (Å²) in [4.78, 5) is 52.8. The Morgan fingerprint density at radius 2 is 1.74 bits per heavy atom. The van der Waals surface area contributed by atoms with Crippen LogP contribution >= 0.6 is 12.6 Å². The Balaban J connectivity index is 2.23. The van der Waals surface area contributed by atoms with Crippen molar-refractivity contribution >= 4 is 36.5 Å². The second-order valence-electron chi connectivity index (χ2n) is 10.7. The minimum absolute atomic E-state index is 0.0408. The van der Waals surface area contributed by atoms with Crippen molar-refractivity contribution in [1.82, 2.24) is 15.5 Å². The number of aliphatic carboxylic acids is 1. The predicted molar refractivity (Wildman–Crippen MR) is 153 cm³/mol. The summed E-state index contributed by atoms with van der Waals surface area (Å²) in [6.45, 7) is 5.88. The van der Waals surface area contributed by atoms with Gasteiger partial charge in [-0.15, -0.1) is 0 Å². The summed E-state index contributed by atoms with van der Waals surface area (Å²) < 4.78 is 5.51. The molecule has 0 aromatic heterocycles. The number of hydrogen-bond acceptors (Lipinski definition) is 7. The fourth-order valence-electron chi connectivity index (χ4n) is 4.68. The summed E-state index contributed by atoms with van der Waals surface area (Å²) in [6, 6.07) is 8.33. The van der Waals surface area contributed by atoms with Crippen LogP contribution in [0.5, 0.6) is 0 Å². The molecule has 9 nitrogen and oxygen atoms in total. The van der Waals surface area contributed by atoms with Crippen LogP contribution in [0.15, 0.2) is 30.3 Å². The van der Waals surface area contributed by atoms with Crippen molar-refractivity contribution in [3.63, 3.8) is 0 Å². The highest BCUT2D eigenvalue weighted by Gasteiger charge is 2.34. The first-order valence-electron chi connectivity index (χ1n) is 14.1. The Bertz CT molecular complexity index is 914. The fraction of sp³-hybridized carbons (Fsp3) is 0.655. The average Bonchev–Trinajstić information content (AvgIpc) is 2.89. The molecule has 1 saturated heterocycles. The molecule has 10 heteroatoms. The minimum atomic E-state index is -1.04. The van der Waals surface area contributed by atoms with Crippen LogP contribution in [-0.4, -0.2) is 64.8 Å². The highest BCUT2D eigenvalue weighted by Crippen LogP contribution is 2.23. The minimum Gasteiger partial charge on any atom is -0.481 e. The second-order valence-corrected chi connectivity index (χ2v) is 11.3. The Morgan fingerprint density at radius 1 is 1.08 bits per heavy atom. The smallest absolute Gasteiger partial charge is 0.416 e. The number of amides is 3. The number of ether oxygens (including phenoxy) is 1. The van der Waals surface area contributed by atoms with Crippen molar-refractivity contribution in [2.24, 2.45) is 11.8 Å². The zero-order chi connectivity index (χ0) is 28.6. The average molecular weight is 564 g/mol. The van der Waals surface area contributed by atoms with E-state index in [4.69, 9.17) is 4.74 Å². The number of benzene rings is 1. The van der Waals surface area contributed by atoms with Crippen LogP contribution in [0.4, 0.5) is 4.79 Å². The molecule has 0 bridgehead atoms. The lowest BCUT2D eigenvalue weighted by molar-refractivity contribution is -0.139. The summed E-state index contributed by atoms with van der Waals surface area (Å²) in [7, 11) is 0. The molecule has 1 aromatic rings. The maximum absolute atomic E-state index is 13.8. The second kappa shape index (κ2) is 17.9. The van der Waals surface area contributed by atoms with E-state index in [1.165, 1.54) is 0 Å². The molecule has 2 rings (SSSR count). The number of hydrogen-bond donors (Lipinski definition) is 4. The normalized spacial score (nSPS) is 19.5. The predicted octanol–water partition coefficient (Wildman–Crippen LogP) is 4.41. The van der Waals surface area contributed by atoms with Crippen molar-refractivity contribution in [3.8, 4) is 0 Å². The number of nitrogens with zero attached hydrogens (tertiary/aromatic N) is 1. The zero-order valence-electron chi connectivity index (χ0n) is 23.3. The van der Waals surface area contributed by atoms with Crippen molar-refractivity contribution in [1.29, 1.82) is 0 Å². The highest BCUT2D eigenvalue weighted by molar-refractivity contribution is 7.81. The molecule has 0 spiro atoms. The third-order valence-electron chi connectivity index (χ3n) is 6.80. The van der Waals surface area contributed by atoms with Crippen molar-refractivity contribution in [3.05, 3.63) is 35.9 Å². The van der Waals surface area contributed by atoms with Gasteiger partial charge in [-0.2, -0.15) is 12.6 Å². The molecule has 1 heterocycles. The summed E-state index contributed by atoms with van der Waals surface area (Å²) in [5.74, 6) is -2.51. The molecule has 1 aliphatic rings. The Morgan fingerprint density at radius 3 is 2.41 bits per heavy atom. The fourth-order valence-corrected chi connectivity index (χ4v) is 5.09. The molecule has 3 amide bonds. The third-order valence-corrected chi connectivity index (χ3v) is 7.34. The van der Waals surface area contributed by atoms with Crippen molar-refractivity contribution in [2.75, 3.05) is 19.6 Å². The van der Waals surface area contributed by atoms with E-state index in [0.717, 1.165) is 49.2 Å². The van der Waals surface area contributed by atoms with Gasteiger partial charge in [0.1, 0.15) is 12.6 Å². The summed E-state index contributed by atoms with van der Waals surface area (Å²) in [5, 5.41) is 14.8. The molecule has 1 aliphatic heterocycles. The van der Waals surface area contributed by atoms with Crippen LogP contribution in [0.1, 0.15) is 77.2 Å². The molecule has 0 saturated carbocycles. The molecular formula is C29H45N3O6S. The maximum Gasteiger partial charge on any atom is 0.416 e. The molecular weight excluding hydrogens is 518 g/mol. The number of carbonyl (C=O) groups excluding carboxylic acids is 3. The van der Waals surface area contributed by atoms with Crippen LogP contribution in [0.25, 0.3) is 0 Å². The van der Waals surface area contributed by atoms with Crippen LogP contribution in [0.3, 0.4) is 0 Å². The van der Waals surface area contributed by atoms with Crippen molar-refractivity contribution < 1.29 is 29.0 Å². The SMILES string of the molecule is CC(C)CC(C(=O)NC1CCCCNCCCCCCN(C(=O)OCc2ccccc2)C1=O)C(S)CC(=O)O. The van der Waals surface area contributed by atoms with Crippen LogP contribution in [0.2, 0.25) is 0 Å². The first kappa shape index (κ1) is 32.6. The van der Waals surface area contributed by atoms with Gasteiger partial charge < -0.3 is 20.5 Å². The van der Waals surface area contributed by atoms with Gasteiger partial charge in [0, 0.05) is 11.8 Å². The van der Waals surface area contributed by atoms with E-state index in [1.54, 1.807) is 0 Å². The molecule has 39 heavy (non-hydrogen) atoms. The largest absolute Gasteiger partial charge is 0.481 e. The lowest BCUT2D eigenvalue weighted by Gasteiger charge is -2.29. The molecule has 1 fully saturated rings. The van der Waals surface area contributed by atoms with Gasteiger partial charge >= 0.3 is 12.1 Å². The van der Waals surface area contributed by atoms with E-state index < -0.39 is 41.1 Å². The number of carbonyl (C=O) groups is 4. The zero-order valence-corrected chi connectivity index (χ0v) is 24.2.